The minimum Gasteiger partial charge on any atom is -0.451 e. The van der Waals surface area contributed by atoms with Gasteiger partial charge in [-0.2, -0.15) is 0 Å². The topological polar surface area (TPSA) is 59.3 Å². The van der Waals surface area contributed by atoms with Crippen molar-refractivity contribution in [3.8, 4) is 0 Å². The molecule has 0 atom stereocenters. The normalized spacial score (nSPS) is 10.6. The summed E-state index contributed by atoms with van der Waals surface area (Å²) in [5.74, 6) is -0.273. The van der Waals surface area contributed by atoms with Crippen molar-refractivity contribution in [2.75, 3.05) is 6.54 Å². The Morgan fingerprint density at radius 1 is 1.32 bits per heavy atom. The predicted octanol–water partition coefficient (Wildman–Crippen LogP) is 2.63. The monoisotopic (exact) mass is 259 g/mol. The average molecular weight is 259 g/mol. The van der Waals surface area contributed by atoms with Crippen LogP contribution in [0.1, 0.15) is 35.9 Å². The molecule has 0 bridgehead atoms. The Hall–Kier alpha value is -2.10. The highest BCUT2D eigenvalue weighted by molar-refractivity contribution is 5.93. The third-order valence-electron chi connectivity index (χ3n) is 2.92. The highest BCUT2D eigenvalue weighted by Gasteiger charge is 2.11. The summed E-state index contributed by atoms with van der Waals surface area (Å²) in [4.78, 5) is 23.8. The van der Waals surface area contributed by atoms with Gasteiger partial charge in [0.2, 0.25) is 0 Å². The van der Waals surface area contributed by atoms with Crippen molar-refractivity contribution >= 4 is 16.9 Å². The molecule has 0 radical (unpaired) electrons. The lowest BCUT2D eigenvalue weighted by Gasteiger charge is -2.05. The van der Waals surface area contributed by atoms with E-state index in [1.807, 2.05) is 19.9 Å². The highest BCUT2D eigenvalue weighted by Crippen LogP contribution is 2.14. The van der Waals surface area contributed by atoms with Gasteiger partial charge < -0.3 is 9.73 Å². The number of nitrogens with one attached hydrogen (secondary N) is 1. The minimum absolute atomic E-state index is 0.0671. The van der Waals surface area contributed by atoms with Crippen molar-refractivity contribution in [1.29, 1.82) is 0 Å². The molecule has 1 amide bonds. The van der Waals surface area contributed by atoms with E-state index in [9.17, 15) is 9.59 Å². The average Bonchev–Trinajstić information content (AvgIpc) is 2.39. The van der Waals surface area contributed by atoms with E-state index in [1.54, 1.807) is 12.1 Å². The van der Waals surface area contributed by atoms with Gasteiger partial charge in [0.25, 0.3) is 5.91 Å². The van der Waals surface area contributed by atoms with Crippen LogP contribution < -0.4 is 10.7 Å². The number of unbranched alkanes of at least 4 members (excludes halogenated alkanes) is 1. The Bertz CT molecular complexity index is 658. The maximum atomic E-state index is 11.9. The summed E-state index contributed by atoms with van der Waals surface area (Å²) in [5.41, 5.74) is 1.24. The van der Waals surface area contributed by atoms with Gasteiger partial charge in [-0.15, -0.1) is 0 Å². The Morgan fingerprint density at radius 3 is 2.84 bits per heavy atom. The standard InChI is InChI=1S/C15H17NO3/c1-3-4-7-16-15(18)14-9-12(17)11-8-10(2)5-6-13(11)19-14/h5-6,8-9H,3-4,7H2,1-2H3,(H,16,18). The van der Waals surface area contributed by atoms with Crippen LogP contribution in [0.2, 0.25) is 0 Å². The number of aryl methyl sites for hydroxylation is 1. The lowest BCUT2D eigenvalue weighted by Crippen LogP contribution is -2.25. The Labute approximate surface area is 111 Å². The summed E-state index contributed by atoms with van der Waals surface area (Å²) in [7, 11) is 0. The van der Waals surface area contributed by atoms with E-state index in [0.29, 0.717) is 17.5 Å². The maximum absolute atomic E-state index is 11.9. The maximum Gasteiger partial charge on any atom is 0.287 e. The lowest BCUT2D eigenvalue weighted by atomic mass is 10.1. The molecule has 4 nitrogen and oxygen atoms in total. The first-order chi connectivity index (χ1) is 9.11. The summed E-state index contributed by atoms with van der Waals surface area (Å²) in [6.07, 6.45) is 1.91. The number of hydrogen-bond acceptors (Lipinski definition) is 3. The van der Waals surface area contributed by atoms with E-state index < -0.39 is 0 Å². The van der Waals surface area contributed by atoms with Crippen LogP contribution in [0.4, 0.5) is 0 Å². The number of amides is 1. The number of hydrogen-bond donors (Lipinski definition) is 1. The van der Waals surface area contributed by atoms with Gasteiger partial charge in [-0.3, -0.25) is 9.59 Å². The third-order valence-corrected chi connectivity index (χ3v) is 2.92. The second-order valence-corrected chi connectivity index (χ2v) is 4.58. The van der Waals surface area contributed by atoms with Gasteiger partial charge in [-0.05, 0) is 25.5 Å². The molecule has 2 rings (SSSR count). The first kappa shape index (κ1) is 13.3. The lowest BCUT2D eigenvalue weighted by molar-refractivity contribution is 0.0926. The first-order valence-corrected chi connectivity index (χ1v) is 6.44. The molecule has 1 aromatic heterocycles. The predicted molar refractivity (Wildman–Crippen MR) is 74.5 cm³/mol. The van der Waals surface area contributed by atoms with E-state index >= 15 is 0 Å². The van der Waals surface area contributed by atoms with Gasteiger partial charge in [0.1, 0.15) is 5.58 Å². The van der Waals surface area contributed by atoms with Gasteiger partial charge in [-0.25, -0.2) is 0 Å². The molecule has 1 N–H and O–H groups in total. The highest BCUT2D eigenvalue weighted by atomic mass is 16.3. The summed E-state index contributed by atoms with van der Waals surface area (Å²) >= 11 is 0. The van der Waals surface area contributed by atoms with Crippen molar-refractivity contribution in [3.05, 3.63) is 45.8 Å². The molecule has 4 heteroatoms. The van der Waals surface area contributed by atoms with Crippen LogP contribution in [0.25, 0.3) is 11.0 Å². The summed E-state index contributed by atoms with van der Waals surface area (Å²) in [5, 5.41) is 3.24. The van der Waals surface area contributed by atoms with Crippen LogP contribution in [0.3, 0.4) is 0 Å². The molecule has 0 spiro atoms. The van der Waals surface area contributed by atoms with E-state index in [4.69, 9.17) is 4.42 Å². The minimum atomic E-state index is -0.340. The van der Waals surface area contributed by atoms with Crippen LogP contribution in [0.5, 0.6) is 0 Å². The molecule has 0 aliphatic carbocycles. The second kappa shape index (κ2) is 5.69. The molecule has 0 aliphatic rings. The summed E-state index contributed by atoms with van der Waals surface area (Å²) in [6.45, 7) is 4.54. The van der Waals surface area contributed by atoms with E-state index in [1.165, 1.54) is 6.07 Å². The molecule has 0 saturated carbocycles. The fourth-order valence-electron chi connectivity index (χ4n) is 1.85. The zero-order chi connectivity index (χ0) is 13.8. The largest absolute Gasteiger partial charge is 0.451 e. The number of benzene rings is 1. The smallest absolute Gasteiger partial charge is 0.287 e. The van der Waals surface area contributed by atoms with Crippen LogP contribution in [0, 0.1) is 6.92 Å². The van der Waals surface area contributed by atoms with Gasteiger partial charge in [0.05, 0.1) is 5.39 Å². The van der Waals surface area contributed by atoms with Crippen molar-refractivity contribution in [2.24, 2.45) is 0 Å². The van der Waals surface area contributed by atoms with E-state index in [-0.39, 0.29) is 17.1 Å². The fraction of sp³-hybridized carbons (Fsp3) is 0.333. The summed E-state index contributed by atoms with van der Waals surface area (Å²) < 4.78 is 5.48. The van der Waals surface area contributed by atoms with Crippen LogP contribution >= 0.6 is 0 Å². The van der Waals surface area contributed by atoms with E-state index in [2.05, 4.69) is 5.32 Å². The molecular formula is C15H17NO3. The van der Waals surface area contributed by atoms with Crippen molar-refractivity contribution in [2.45, 2.75) is 26.7 Å². The van der Waals surface area contributed by atoms with E-state index in [0.717, 1.165) is 18.4 Å². The molecule has 2 aromatic rings. The molecule has 0 saturated heterocycles. The molecule has 19 heavy (non-hydrogen) atoms. The summed E-state index contributed by atoms with van der Waals surface area (Å²) in [6, 6.07) is 6.59. The Morgan fingerprint density at radius 2 is 2.11 bits per heavy atom. The number of carbonyl (C=O) groups is 1. The van der Waals surface area contributed by atoms with Crippen LogP contribution in [0.15, 0.2) is 33.5 Å². The van der Waals surface area contributed by atoms with Crippen molar-refractivity contribution in [3.63, 3.8) is 0 Å². The SMILES string of the molecule is CCCCNC(=O)c1cc(=O)c2cc(C)ccc2o1. The number of fused-ring (bicyclic) bond motifs is 1. The first-order valence-electron chi connectivity index (χ1n) is 6.44. The Balaban J connectivity index is 2.33. The number of carbonyl (C=O) groups excluding carboxylic acids is 1. The molecule has 0 unspecified atom stereocenters. The van der Waals surface area contributed by atoms with Gasteiger partial charge in [0, 0.05) is 12.6 Å². The molecular weight excluding hydrogens is 242 g/mol. The van der Waals surface area contributed by atoms with Crippen molar-refractivity contribution in [1.82, 2.24) is 5.32 Å². The quantitative estimate of drug-likeness (QED) is 0.859. The zero-order valence-corrected chi connectivity index (χ0v) is 11.2. The second-order valence-electron chi connectivity index (χ2n) is 4.58. The Kier molecular flexibility index (Phi) is 4.00. The third kappa shape index (κ3) is 3.02. The number of rotatable bonds is 4. The molecule has 1 aromatic carbocycles. The van der Waals surface area contributed by atoms with Gasteiger partial charge in [0.15, 0.2) is 11.2 Å². The zero-order valence-electron chi connectivity index (χ0n) is 11.2. The van der Waals surface area contributed by atoms with Gasteiger partial charge in [-0.1, -0.05) is 25.0 Å². The molecule has 0 aliphatic heterocycles. The fourth-order valence-corrected chi connectivity index (χ4v) is 1.85. The molecule has 1 heterocycles. The molecule has 100 valence electrons. The van der Waals surface area contributed by atoms with Crippen molar-refractivity contribution < 1.29 is 9.21 Å². The van der Waals surface area contributed by atoms with Gasteiger partial charge >= 0.3 is 0 Å². The van der Waals surface area contributed by atoms with Crippen LogP contribution in [-0.2, 0) is 0 Å². The molecule has 0 fully saturated rings. The van der Waals surface area contributed by atoms with Crippen LogP contribution in [-0.4, -0.2) is 12.5 Å².